The molecule has 2 aromatic rings. The zero-order valence-corrected chi connectivity index (χ0v) is 11.4. The minimum atomic E-state index is -0.196. The van der Waals surface area contributed by atoms with E-state index in [-0.39, 0.29) is 11.8 Å². The number of nitrogens with one attached hydrogen (secondary N) is 3. The Hall–Kier alpha value is -2.63. The van der Waals surface area contributed by atoms with E-state index in [1.807, 2.05) is 6.92 Å². The fourth-order valence-corrected chi connectivity index (χ4v) is 1.77. The standard InChI is InChI=1S/C14H16N4O2/c1-9-12(8-16-18-9)7-15-14(20)11-4-3-5-13(6-11)17-10(2)19/h3-6,8H,7H2,1-2H3,(H,15,20)(H,16,18)(H,17,19). The van der Waals surface area contributed by atoms with Crippen LogP contribution in [0.3, 0.4) is 0 Å². The highest BCUT2D eigenvalue weighted by Gasteiger charge is 2.08. The van der Waals surface area contributed by atoms with Crippen molar-refractivity contribution >= 4 is 17.5 Å². The lowest BCUT2D eigenvalue weighted by molar-refractivity contribution is -0.114. The molecule has 0 spiro atoms. The molecule has 0 saturated carbocycles. The molecule has 6 nitrogen and oxygen atoms in total. The Morgan fingerprint density at radius 3 is 2.80 bits per heavy atom. The highest BCUT2D eigenvalue weighted by atomic mass is 16.2. The third-order valence-electron chi connectivity index (χ3n) is 2.82. The van der Waals surface area contributed by atoms with Crippen LogP contribution < -0.4 is 10.6 Å². The van der Waals surface area contributed by atoms with E-state index < -0.39 is 0 Å². The van der Waals surface area contributed by atoms with Crippen LogP contribution in [0, 0.1) is 6.92 Å². The molecule has 0 radical (unpaired) electrons. The summed E-state index contributed by atoms with van der Waals surface area (Å²) >= 11 is 0. The lowest BCUT2D eigenvalue weighted by atomic mass is 10.1. The molecule has 1 aromatic heterocycles. The van der Waals surface area contributed by atoms with E-state index in [2.05, 4.69) is 20.8 Å². The molecule has 0 atom stereocenters. The molecular formula is C14H16N4O2. The molecule has 1 heterocycles. The zero-order chi connectivity index (χ0) is 14.5. The first-order valence-corrected chi connectivity index (χ1v) is 6.21. The van der Waals surface area contributed by atoms with Crippen LogP contribution in [0.5, 0.6) is 0 Å². The number of rotatable bonds is 4. The maximum atomic E-state index is 12.0. The van der Waals surface area contributed by atoms with Crippen LogP contribution in [-0.2, 0) is 11.3 Å². The van der Waals surface area contributed by atoms with Crippen molar-refractivity contribution in [2.45, 2.75) is 20.4 Å². The van der Waals surface area contributed by atoms with Gasteiger partial charge in [0.05, 0.1) is 6.20 Å². The second kappa shape index (κ2) is 6.01. The number of anilines is 1. The fraction of sp³-hybridized carbons (Fsp3) is 0.214. The normalized spacial score (nSPS) is 10.1. The van der Waals surface area contributed by atoms with Crippen molar-refractivity contribution in [3.8, 4) is 0 Å². The molecule has 0 fully saturated rings. The highest BCUT2D eigenvalue weighted by Crippen LogP contribution is 2.11. The average Bonchev–Trinajstić information content (AvgIpc) is 2.81. The predicted molar refractivity (Wildman–Crippen MR) is 75.2 cm³/mol. The van der Waals surface area contributed by atoms with Gasteiger partial charge in [-0.25, -0.2) is 0 Å². The van der Waals surface area contributed by atoms with Gasteiger partial charge in [0.1, 0.15) is 0 Å². The second-order valence-corrected chi connectivity index (χ2v) is 4.46. The first-order valence-electron chi connectivity index (χ1n) is 6.21. The van der Waals surface area contributed by atoms with Crippen molar-refractivity contribution in [1.82, 2.24) is 15.5 Å². The number of nitrogens with zero attached hydrogens (tertiary/aromatic N) is 1. The monoisotopic (exact) mass is 272 g/mol. The summed E-state index contributed by atoms with van der Waals surface area (Å²) in [7, 11) is 0. The summed E-state index contributed by atoms with van der Waals surface area (Å²) in [6.45, 7) is 3.73. The van der Waals surface area contributed by atoms with Crippen molar-refractivity contribution in [2.75, 3.05) is 5.32 Å². The molecule has 3 N–H and O–H groups in total. The topological polar surface area (TPSA) is 86.9 Å². The Balaban J connectivity index is 2.02. The summed E-state index contributed by atoms with van der Waals surface area (Å²) in [5.74, 6) is -0.366. The average molecular weight is 272 g/mol. The Kier molecular flexibility index (Phi) is 4.14. The number of amides is 2. The number of hydrogen-bond donors (Lipinski definition) is 3. The SMILES string of the molecule is CC(=O)Nc1cccc(C(=O)NCc2cn[nH]c2C)c1. The molecule has 0 aliphatic carbocycles. The molecule has 0 aliphatic rings. The van der Waals surface area contributed by atoms with Gasteiger partial charge in [0, 0.05) is 36.0 Å². The van der Waals surface area contributed by atoms with Gasteiger partial charge in [0.25, 0.3) is 5.91 Å². The number of aryl methyl sites for hydroxylation is 1. The molecule has 6 heteroatoms. The van der Waals surface area contributed by atoms with E-state index in [9.17, 15) is 9.59 Å². The summed E-state index contributed by atoms with van der Waals surface area (Å²) in [6, 6.07) is 6.80. The predicted octanol–water partition coefficient (Wildman–Crippen LogP) is 1.61. The van der Waals surface area contributed by atoms with Crippen LogP contribution in [0.2, 0.25) is 0 Å². The van der Waals surface area contributed by atoms with Crippen LogP contribution in [0.15, 0.2) is 30.5 Å². The van der Waals surface area contributed by atoms with Crippen molar-refractivity contribution in [2.24, 2.45) is 0 Å². The molecule has 1 aromatic carbocycles. The Bertz CT molecular complexity index is 634. The van der Waals surface area contributed by atoms with E-state index in [4.69, 9.17) is 0 Å². The summed E-state index contributed by atoms with van der Waals surface area (Å²) in [5, 5.41) is 12.2. The number of aromatic amines is 1. The number of carbonyl (C=O) groups is 2. The van der Waals surface area contributed by atoms with E-state index in [0.717, 1.165) is 11.3 Å². The third kappa shape index (κ3) is 3.44. The fourth-order valence-electron chi connectivity index (χ4n) is 1.77. The van der Waals surface area contributed by atoms with E-state index in [1.54, 1.807) is 30.5 Å². The largest absolute Gasteiger partial charge is 0.348 e. The highest BCUT2D eigenvalue weighted by molar-refractivity contribution is 5.96. The Morgan fingerprint density at radius 1 is 1.35 bits per heavy atom. The summed E-state index contributed by atoms with van der Waals surface area (Å²) < 4.78 is 0. The third-order valence-corrected chi connectivity index (χ3v) is 2.82. The zero-order valence-electron chi connectivity index (χ0n) is 11.4. The quantitative estimate of drug-likeness (QED) is 0.790. The van der Waals surface area contributed by atoms with Gasteiger partial charge < -0.3 is 10.6 Å². The van der Waals surface area contributed by atoms with Gasteiger partial charge in [-0.05, 0) is 25.1 Å². The summed E-state index contributed by atoms with van der Waals surface area (Å²) in [4.78, 5) is 23.0. The first-order chi connectivity index (χ1) is 9.56. The van der Waals surface area contributed by atoms with Crippen molar-refractivity contribution < 1.29 is 9.59 Å². The lowest BCUT2D eigenvalue weighted by Gasteiger charge is -2.07. The molecule has 2 amide bonds. The van der Waals surface area contributed by atoms with Crippen LogP contribution >= 0.6 is 0 Å². The molecule has 0 unspecified atom stereocenters. The van der Waals surface area contributed by atoms with Crippen molar-refractivity contribution in [3.05, 3.63) is 47.3 Å². The van der Waals surface area contributed by atoms with E-state index in [0.29, 0.717) is 17.8 Å². The number of H-pyrrole nitrogens is 1. The van der Waals surface area contributed by atoms with Gasteiger partial charge in [0.15, 0.2) is 0 Å². The molecule has 2 rings (SSSR count). The van der Waals surface area contributed by atoms with Crippen LogP contribution in [0.1, 0.15) is 28.5 Å². The van der Waals surface area contributed by atoms with Gasteiger partial charge in [-0.15, -0.1) is 0 Å². The van der Waals surface area contributed by atoms with Crippen LogP contribution in [0.25, 0.3) is 0 Å². The lowest BCUT2D eigenvalue weighted by Crippen LogP contribution is -2.23. The van der Waals surface area contributed by atoms with E-state index in [1.165, 1.54) is 6.92 Å². The minimum Gasteiger partial charge on any atom is -0.348 e. The number of hydrogen-bond acceptors (Lipinski definition) is 3. The van der Waals surface area contributed by atoms with Crippen molar-refractivity contribution in [3.63, 3.8) is 0 Å². The van der Waals surface area contributed by atoms with Crippen LogP contribution in [0.4, 0.5) is 5.69 Å². The maximum absolute atomic E-state index is 12.0. The van der Waals surface area contributed by atoms with E-state index >= 15 is 0 Å². The summed E-state index contributed by atoms with van der Waals surface area (Å²) in [6.07, 6.45) is 1.68. The second-order valence-electron chi connectivity index (χ2n) is 4.46. The molecule has 0 aliphatic heterocycles. The van der Waals surface area contributed by atoms with Gasteiger partial charge in [-0.2, -0.15) is 5.10 Å². The molecule has 0 saturated heterocycles. The number of aromatic nitrogens is 2. The Labute approximate surface area is 116 Å². The molecular weight excluding hydrogens is 256 g/mol. The minimum absolute atomic E-state index is 0.170. The molecule has 104 valence electrons. The summed E-state index contributed by atoms with van der Waals surface area (Å²) in [5.41, 5.74) is 2.97. The van der Waals surface area contributed by atoms with Crippen LogP contribution in [-0.4, -0.2) is 22.0 Å². The van der Waals surface area contributed by atoms with Gasteiger partial charge >= 0.3 is 0 Å². The van der Waals surface area contributed by atoms with Crippen molar-refractivity contribution in [1.29, 1.82) is 0 Å². The Morgan fingerprint density at radius 2 is 2.15 bits per heavy atom. The number of benzene rings is 1. The van der Waals surface area contributed by atoms with Gasteiger partial charge in [0.2, 0.25) is 5.91 Å². The molecule has 20 heavy (non-hydrogen) atoms. The number of carbonyl (C=O) groups excluding carboxylic acids is 2. The van der Waals surface area contributed by atoms with Gasteiger partial charge in [-0.3, -0.25) is 14.7 Å². The first kappa shape index (κ1) is 13.8. The molecule has 0 bridgehead atoms. The smallest absolute Gasteiger partial charge is 0.251 e. The van der Waals surface area contributed by atoms with Gasteiger partial charge in [-0.1, -0.05) is 6.07 Å². The maximum Gasteiger partial charge on any atom is 0.251 e.